The molecule has 0 spiro atoms. The summed E-state index contributed by atoms with van der Waals surface area (Å²) in [5.41, 5.74) is 0. The number of ether oxygens (including phenoxy) is 2. The van der Waals surface area contributed by atoms with Gasteiger partial charge in [0.05, 0.1) is 25.9 Å². The minimum Gasteiger partial charge on any atom is -0.465 e. The summed E-state index contributed by atoms with van der Waals surface area (Å²) in [5, 5.41) is 0. The van der Waals surface area contributed by atoms with Crippen LogP contribution in [0.4, 0.5) is 0 Å². The van der Waals surface area contributed by atoms with Crippen molar-refractivity contribution in [2.45, 2.75) is 38.8 Å². The van der Waals surface area contributed by atoms with Gasteiger partial charge in [0.2, 0.25) is 0 Å². The molecule has 0 aromatic carbocycles. The molecule has 2 saturated heterocycles. The van der Waals surface area contributed by atoms with Gasteiger partial charge in [-0.3, -0.25) is 4.90 Å². The quantitative estimate of drug-likeness (QED) is 0.830. The molecule has 1 atom stereocenters. The number of hydrogen-bond acceptors (Lipinski definition) is 4. The van der Waals surface area contributed by atoms with Gasteiger partial charge in [-0.15, -0.1) is 0 Å². The Morgan fingerprint density at radius 1 is 1.25 bits per heavy atom. The van der Waals surface area contributed by atoms with E-state index >= 15 is 0 Å². The lowest BCUT2D eigenvalue weighted by atomic mass is 10.1. The molecule has 2 fully saturated rings. The number of aryl methyl sites for hydroxylation is 1. The van der Waals surface area contributed by atoms with E-state index in [9.17, 15) is 0 Å². The molecule has 20 heavy (non-hydrogen) atoms. The van der Waals surface area contributed by atoms with Gasteiger partial charge in [0, 0.05) is 25.6 Å². The zero-order valence-electron chi connectivity index (χ0n) is 12.3. The van der Waals surface area contributed by atoms with Gasteiger partial charge in [0.1, 0.15) is 11.5 Å². The predicted octanol–water partition coefficient (Wildman–Crippen LogP) is 2.61. The van der Waals surface area contributed by atoms with E-state index in [1.807, 2.05) is 13.0 Å². The van der Waals surface area contributed by atoms with Crippen LogP contribution in [0, 0.1) is 12.8 Å². The van der Waals surface area contributed by atoms with E-state index in [0.29, 0.717) is 12.0 Å². The number of furan rings is 1. The number of nitrogens with zero attached hydrogens (tertiary/aromatic N) is 1. The summed E-state index contributed by atoms with van der Waals surface area (Å²) in [7, 11) is 0. The van der Waals surface area contributed by atoms with Crippen LogP contribution < -0.4 is 0 Å². The van der Waals surface area contributed by atoms with E-state index in [1.54, 1.807) is 0 Å². The lowest BCUT2D eigenvalue weighted by Crippen LogP contribution is -2.37. The largest absolute Gasteiger partial charge is 0.465 e. The molecule has 3 rings (SSSR count). The Labute approximate surface area is 121 Å². The highest BCUT2D eigenvalue weighted by Gasteiger charge is 2.23. The molecule has 0 bridgehead atoms. The summed E-state index contributed by atoms with van der Waals surface area (Å²) in [6, 6.07) is 4.12. The molecule has 0 N–H and O–H groups in total. The Morgan fingerprint density at radius 2 is 2.10 bits per heavy atom. The number of piperidine rings is 1. The molecule has 4 nitrogen and oxygen atoms in total. The van der Waals surface area contributed by atoms with E-state index in [-0.39, 0.29) is 0 Å². The summed E-state index contributed by atoms with van der Waals surface area (Å²) in [4.78, 5) is 2.46. The van der Waals surface area contributed by atoms with Gasteiger partial charge in [0.15, 0.2) is 0 Å². The second-order valence-corrected chi connectivity index (χ2v) is 6.05. The maximum absolute atomic E-state index is 6.04. The van der Waals surface area contributed by atoms with Crippen molar-refractivity contribution in [1.29, 1.82) is 0 Å². The smallest absolute Gasteiger partial charge is 0.118 e. The maximum atomic E-state index is 6.04. The van der Waals surface area contributed by atoms with Gasteiger partial charge in [0.25, 0.3) is 0 Å². The zero-order chi connectivity index (χ0) is 13.8. The van der Waals surface area contributed by atoms with Gasteiger partial charge in [-0.05, 0) is 38.3 Å². The van der Waals surface area contributed by atoms with Gasteiger partial charge in [-0.25, -0.2) is 0 Å². The summed E-state index contributed by atoms with van der Waals surface area (Å²) < 4.78 is 17.1. The van der Waals surface area contributed by atoms with E-state index in [0.717, 1.165) is 70.2 Å². The van der Waals surface area contributed by atoms with Crippen LogP contribution in [0.2, 0.25) is 0 Å². The van der Waals surface area contributed by atoms with Crippen LogP contribution in [0.25, 0.3) is 0 Å². The first-order valence-corrected chi connectivity index (χ1v) is 7.76. The molecule has 112 valence electrons. The molecule has 3 heterocycles. The number of hydrogen-bond donors (Lipinski definition) is 0. The van der Waals surface area contributed by atoms with Gasteiger partial charge >= 0.3 is 0 Å². The monoisotopic (exact) mass is 279 g/mol. The first-order valence-electron chi connectivity index (χ1n) is 7.76. The van der Waals surface area contributed by atoms with Crippen LogP contribution in [0.3, 0.4) is 0 Å². The summed E-state index contributed by atoms with van der Waals surface area (Å²) in [6.45, 7) is 7.80. The predicted molar refractivity (Wildman–Crippen MR) is 76.6 cm³/mol. The second kappa shape index (κ2) is 6.74. The Hall–Kier alpha value is -0.840. The van der Waals surface area contributed by atoms with Crippen molar-refractivity contribution in [3.05, 3.63) is 23.7 Å². The van der Waals surface area contributed by atoms with Crippen molar-refractivity contribution in [2.24, 2.45) is 5.92 Å². The highest BCUT2D eigenvalue weighted by molar-refractivity contribution is 5.05. The summed E-state index contributed by atoms with van der Waals surface area (Å²) in [6.07, 6.45) is 3.86. The first kappa shape index (κ1) is 14.1. The Bertz CT molecular complexity index is 404. The average Bonchev–Trinajstić information content (AvgIpc) is 3.10. The van der Waals surface area contributed by atoms with Crippen molar-refractivity contribution in [3.63, 3.8) is 0 Å². The third kappa shape index (κ3) is 3.84. The Balaban J connectivity index is 1.36. The molecular weight excluding hydrogens is 254 g/mol. The Morgan fingerprint density at radius 3 is 2.75 bits per heavy atom. The van der Waals surface area contributed by atoms with E-state index in [2.05, 4.69) is 11.0 Å². The van der Waals surface area contributed by atoms with Crippen LogP contribution >= 0.6 is 0 Å². The zero-order valence-corrected chi connectivity index (χ0v) is 12.3. The van der Waals surface area contributed by atoms with E-state index in [4.69, 9.17) is 13.9 Å². The molecule has 2 aliphatic heterocycles. The molecule has 0 aliphatic carbocycles. The molecule has 0 unspecified atom stereocenters. The minimum absolute atomic E-state index is 0.435. The van der Waals surface area contributed by atoms with Crippen LogP contribution in [0.1, 0.15) is 30.8 Å². The maximum Gasteiger partial charge on any atom is 0.118 e. The van der Waals surface area contributed by atoms with Crippen molar-refractivity contribution in [3.8, 4) is 0 Å². The normalized spacial score (nSPS) is 25.4. The fourth-order valence-corrected chi connectivity index (χ4v) is 3.01. The van der Waals surface area contributed by atoms with E-state index < -0.39 is 0 Å². The van der Waals surface area contributed by atoms with Crippen LogP contribution in [-0.4, -0.2) is 43.9 Å². The van der Waals surface area contributed by atoms with Crippen molar-refractivity contribution in [2.75, 3.05) is 32.9 Å². The molecule has 2 aliphatic rings. The first-order chi connectivity index (χ1) is 9.79. The number of likely N-dealkylation sites (tertiary alicyclic amines) is 1. The summed E-state index contributed by atoms with van der Waals surface area (Å²) >= 11 is 0. The fourth-order valence-electron chi connectivity index (χ4n) is 3.01. The highest BCUT2D eigenvalue weighted by atomic mass is 16.5. The minimum atomic E-state index is 0.435. The molecule has 0 radical (unpaired) electrons. The van der Waals surface area contributed by atoms with E-state index in [1.165, 1.54) is 0 Å². The van der Waals surface area contributed by atoms with Gasteiger partial charge < -0.3 is 13.9 Å². The topological polar surface area (TPSA) is 34.8 Å². The SMILES string of the molecule is Cc1ccc(CN2CCC(OC[C@@H]3CCOC3)CC2)o1. The molecule has 4 heteroatoms. The van der Waals surface area contributed by atoms with Crippen molar-refractivity contribution < 1.29 is 13.9 Å². The molecule has 0 amide bonds. The third-order valence-electron chi connectivity index (χ3n) is 4.30. The van der Waals surface area contributed by atoms with Gasteiger partial charge in [-0.1, -0.05) is 0 Å². The lowest BCUT2D eigenvalue weighted by Gasteiger charge is -2.31. The standard InChI is InChI=1S/C16H25NO3/c1-13-2-3-16(20-13)10-17-7-4-15(5-8-17)19-12-14-6-9-18-11-14/h2-3,14-15H,4-12H2,1H3/t14-/m1/s1. The highest BCUT2D eigenvalue weighted by Crippen LogP contribution is 2.20. The second-order valence-electron chi connectivity index (χ2n) is 6.05. The summed E-state index contributed by atoms with van der Waals surface area (Å²) in [5.74, 6) is 2.70. The van der Waals surface area contributed by atoms with Crippen LogP contribution in [-0.2, 0) is 16.0 Å². The molecular formula is C16H25NO3. The molecule has 1 aromatic heterocycles. The van der Waals surface area contributed by atoms with Crippen molar-refractivity contribution in [1.82, 2.24) is 4.90 Å². The van der Waals surface area contributed by atoms with Crippen molar-refractivity contribution >= 4 is 0 Å². The van der Waals surface area contributed by atoms with Gasteiger partial charge in [-0.2, -0.15) is 0 Å². The van der Waals surface area contributed by atoms with Crippen LogP contribution in [0.15, 0.2) is 16.5 Å². The third-order valence-corrected chi connectivity index (χ3v) is 4.30. The Kier molecular flexibility index (Phi) is 4.76. The molecule has 0 saturated carbocycles. The molecule has 1 aromatic rings. The fraction of sp³-hybridized carbons (Fsp3) is 0.750. The number of rotatable bonds is 5. The average molecular weight is 279 g/mol. The van der Waals surface area contributed by atoms with Crippen LogP contribution in [0.5, 0.6) is 0 Å². The lowest BCUT2D eigenvalue weighted by molar-refractivity contribution is -0.0126.